The van der Waals surface area contributed by atoms with E-state index in [0.29, 0.717) is 28.5 Å². The number of hydrogen-bond donors (Lipinski definition) is 1. The molecule has 0 saturated carbocycles. The van der Waals surface area contributed by atoms with Gasteiger partial charge in [0.2, 0.25) is 0 Å². The minimum Gasteiger partial charge on any atom is -0.496 e. The highest BCUT2D eigenvalue weighted by Crippen LogP contribution is 2.34. The number of ether oxygens (including phenoxy) is 3. The van der Waals surface area contributed by atoms with E-state index in [1.54, 1.807) is 56.7 Å². The summed E-state index contributed by atoms with van der Waals surface area (Å²) in [6.45, 7) is 0.228. The average molecular weight is 444 g/mol. The molecule has 0 saturated heterocycles. The monoisotopic (exact) mass is 444 g/mol. The molecule has 1 N–H and O–H groups in total. The molecule has 8 nitrogen and oxygen atoms in total. The molecule has 2 heterocycles. The molecule has 0 aliphatic carbocycles. The molecule has 0 spiro atoms. The number of nitrogens with one attached hydrogen (secondary N) is 1. The van der Waals surface area contributed by atoms with Crippen molar-refractivity contribution < 1.29 is 19.0 Å². The van der Waals surface area contributed by atoms with E-state index in [9.17, 15) is 4.79 Å². The normalized spacial score (nSPS) is 10.5. The van der Waals surface area contributed by atoms with Gasteiger partial charge in [0.05, 0.1) is 32.6 Å². The summed E-state index contributed by atoms with van der Waals surface area (Å²) in [5.74, 6) is 1.41. The zero-order valence-electron chi connectivity index (χ0n) is 18.6. The van der Waals surface area contributed by atoms with Crippen LogP contribution in [0.5, 0.6) is 17.2 Å². The lowest BCUT2D eigenvalue weighted by Gasteiger charge is -2.14. The van der Waals surface area contributed by atoms with Crippen molar-refractivity contribution in [3.8, 4) is 34.2 Å². The summed E-state index contributed by atoms with van der Waals surface area (Å²) < 4.78 is 17.9. The minimum atomic E-state index is -0.270. The standard InChI is InChI=1S/C25H24N4O4/c1-31-21-13-23(33-3)22(32-2)12-18(21)15-27-25(30)20-16-29(19-9-5-4-6-10-19)28-24(20)17-8-7-11-26-14-17/h4-14,16H,15H2,1-3H3,(H,27,30). The predicted octanol–water partition coefficient (Wildman–Crippen LogP) is 3.89. The Morgan fingerprint density at radius 1 is 0.939 bits per heavy atom. The van der Waals surface area contributed by atoms with Crippen molar-refractivity contribution in [3.05, 3.63) is 84.3 Å². The first-order valence-corrected chi connectivity index (χ1v) is 10.3. The largest absolute Gasteiger partial charge is 0.496 e. The molecule has 1 amide bonds. The first kappa shape index (κ1) is 21.9. The molecule has 0 atom stereocenters. The van der Waals surface area contributed by atoms with Gasteiger partial charge in [-0.3, -0.25) is 9.78 Å². The Morgan fingerprint density at radius 2 is 1.67 bits per heavy atom. The number of aromatic nitrogens is 3. The number of nitrogens with zero attached hydrogens (tertiary/aromatic N) is 3. The summed E-state index contributed by atoms with van der Waals surface area (Å²) in [6.07, 6.45) is 5.09. The number of carbonyl (C=O) groups is 1. The Balaban J connectivity index is 1.65. The zero-order chi connectivity index (χ0) is 23.2. The van der Waals surface area contributed by atoms with Crippen LogP contribution in [0.4, 0.5) is 0 Å². The summed E-state index contributed by atoms with van der Waals surface area (Å²) in [7, 11) is 4.69. The molecule has 0 radical (unpaired) electrons. The molecule has 0 aliphatic rings. The molecular formula is C25H24N4O4. The van der Waals surface area contributed by atoms with Gasteiger partial charge in [0.15, 0.2) is 11.5 Å². The van der Waals surface area contributed by atoms with Gasteiger partial charge < -0.3 is 19.5 Å². The number of methoxy groups -OCH3 is 3. The van der Waals surface area contributed by atoms with E-state index in [2.05, 4.69) is 15.4 Å². The van der Waals surface area contributed by atoms with E-state index in [0.717, 1.165) is 16.8 Å². The van der Waals surface area contributed by atoms with Gasteiger partial charge in [-0.05, 0) is 30.3 Å². The molecule has 4 aromatic rings. The number of rotatable bonds is 8. The number of amides is 1. The summed E-state index contributed by atoms with van der Waals surface area (Å²) in [4.78, 5) is 17.4. The van der Waals surface area contributed by atoms with E-state index < -0.39 is 0 Å². The van der Waals surface area contributed by atoms with E-state index in [-0.39, 0.29) is 12.5 Å². The SMILES string of the molecule is COc1cc(OC)c(OC)cc1CNC(=O)c1cn(-c2ccccc2)nc1-c1cccnc1. The Kier molecular flexibility index (Phi) is 6.54. The van der Waals surface area contributed by atoms with Crippen molar-refractivity contribution in [2.24, 2.45) is 0 Å². The summed E-state index contributed by atoms with van der Waals surface area (Å²) >= 11 is 0. The van der Waals surface area contributed by atoms with Crippen LogP contribution in [-0.2, 0) is 6.54 Å². The average Bonchev–Trinajstić information content (AvgIpc) is 3.33. The van der Waals surface area contributed by atoms with E-state index >= 15 is 0 Å². The minimum absolute atomic E-state index is 0.228. The molecule has 0 fully saturated rings. The molecule has 2 aromatic carbocycles. The number of hydrogen-bond acceptors (Lipinski definition) is 6. The van der Waals surface area contributed by atoms with Crippen LogP contribution in [-0.4, -0.2) is 42.0 Å². The van der Waals surface area contributed by atoms with Crippen LogP contribution in [0, 0.1) is 0 Å². The smallest absolute Gasteiger partial charge is 0.255 e. The fraction of sp³-hybridized carbons (Fsp3) is 0.160. The summed E-state index contributed by atoms with van der Waals surface area (Å²) in [5, 5.41) is 7.63. The van der Waals surface area contributed by atoms with E-state index in [1.165, 1.54) is 0 Å². The van der Waals surface area contributed by atoms with Gasteiger partial charge in [-0.25, -0.2) is 4.68 Å². The van der Waals surface area contributed by atoms with Crippen LogP contribution < -0.4 is 19.5 Å². The highest BCUT2D eigenvalue weighted by Gasteiger charge is 2.20. The number of pyridine rings is 1. The number of carbonyl (C=O) groups excluding carboxylic acids is 1. The van der Waals surface area contributed by atoms with Gasteiger partial charge in [-0.1, -0.05) is 18.2 Å². The third-order valence-corrected chi connectivity index (χ3v) is 5.14. The second kappa shape index (κ2) is 9.86. The van der Waals surface area contributed by atoms with Crippen LogP contribution in [0.3, 0.4) is 0 Å². The summed E-state index contributed by atoms with van der Waals surface area (Å²) in [6, 6.07) is 16.8. The van der Waals surface area contributed by atoms with Crippen LogP contribution >= 0.6 is 0 Å². The Labute approximate surface area is 191 Å². The second-order valence-corrected chi connectivity index (χ2v) is 7.11. The third kappa shape index (κ3) is 4.64. The molecule has 0 aliphatic heterocycles. The highest BCUT2D eigenvalue weighted by molar-refractivity contribution is 5.99. The molecule has 168 valence electrons. The third-order valence-electron chi connectivity index (χ3n) is 5.14. The zero-order valence-corrected chi connectivity index (χ0v) is 18.6. The van der Waals surface area contributed by atoms with Gasteiger partial charge in [-0.2, -0.15) is 5.10 Å². The fourth-order valence-corrected chi connectivity index (χ4v) is 3.47. The van der Waals surface area contributed by atoms with Crippen molar-refractivity contribution in [1.82, 2.24) is 20.1 Å². The van der Waals surface area contributed by atoms with Crippen LogP contribution in [0.15, 0.2) is 73.2 Å². The van der Waals surface area contributed by atoms with Gasteiger partial charge in [-0.15, -0.1) is 0 Å². The highest BCUT2D eigenvalue weighted by atomic mass is 16.5. The van der Waals surface area contributed by atoms with Crippen LogP contribution in [0.25, 0.3) is 16.9 Å². The molecule has 0 bridgehead atoms. The van der Waals surface area contributed by atoms with Gasteiger partial charge in [0.25, 0.3) is 5.91 Å². The maximum Gasteiger partial charge on any atom is 0.255 e. The Bertz CT molecular complexity index is 1240. The second-order valence-electron chi connectivity index (χ2n) is 7.11. The first-order valence-electron chi connectivity index (χ1n) is 10.3. The lowest BCUT2D eigenvalue weighted by molar-refractivity contribution is 0.0951. The number of benzene rings is 2. The lowest BCUT2D eigenvalue weighted by Crippen LogP contribution is -2.23. The topological polar surface area (TPSA) is 87.5 Å². The maximum atomic E-state index is 13.3. The quantitative estimate of drug-likeness (QED) is 0.444. The van der Waals surface area contributed by atoms with Crippen molar-refractivity contribution in [2.75, 3.05) is 21.3 Å². The molecule has 0 unspecified atom stereocenters. The number of para-hydroxylation sites is 1. The molecular weight excluding hydrogens is 420 g/mol. The molecule has 4 rings (SSSR count). The van der Waals surface area contributed by atoms with E-state index in [4.69, 9.17) is 14.2 Å². The van der Waals surface area contributed by atoms with E-state index in [1.807, 2.05) is 42.5 Å². The van der Waals surface area contributed by atoms with Crippen molar-refractivity contribution in [2.45, 2.75) is 6.54 Å². The van der Waals surface area contributed by atoms with Gasteiger partial charge >= 0.3 is 0 Å². The van der Waals surface area contributed by atoms with Gasteiger partial charge in [0, 0.05) is 42.3 Å². The Hall–Kier alpha value is -4.33. The maximum absolute atomic E-state index is 13.3. The first-order chi connectivity index (χ1) is 16.1. The molecule has 33 heavy (non-hydrogen) atoms. The molecule has 8 heteroatoms. The molecule has 2 aromatic heterocycles. The van der Waals surface area contributed by atoms with Gasteiger partial charge in [0.1, 0.15) is 11.4 Å². The predicted molar refractivity (Wildman–Crippen MR) is 124 cm³/mol. The van der Waals surface area contributed by atoms with Crippen LogP contribution in [0.2, 0.25) is 0 Å². The van der Waals surface area contributed by atoms with Crippen molar-refractivity contribution in [3.63, 3.8) is 0 Å². The Morgan fingerprint density at radius 3 is 2.33 bits per heavy atom. The van der Waals surface area contributed by atoms with Crippen molar-refractivity contribution >= 4 is 5.91 Å². The fourth-order valence-electron chi connectivity index (χ4n) is 3.47. The summed E-state index contributed by atoms with van der Waals surface area (Å²) in [5.41, 5.74) is 3.33. The van der Waals surface area contributed by atoms with Crippen molar-refractivity contribution in [1.29, 1.82) is 0 Å². The lowest BCUT2D eigenvalue weighted by atomic mass is 10.1. The van der Waals surface area contributed by atoms with Crippen LogP contribution in [0.1, 0.15) is 15.9 Å².